The van der Waals surface area contributed by atoms with E-state index in [1.54, 1.807) is 6.07 Å². The molecule has 2 amide bonds. The molecule has 0 saturated heterocycles. The number of anilines is 1. The molecule has 0 N–H and O–H groups in total. The quantitative estimate of drug-likeness (QED) is 0.628. The molecule has 0 unspecified atom stereocenters. The number of carbonyl (C=O) groups is 2. The number of hydrogen-bond donors (Lipinski definition) is 0. The van der Waals surface area contributed by atoms with Gasteiger partial charge >= 0.3 is 12.2 Å². The van der Waals surface area contributed by atoms with Crippen molar-refractivity contribution in [3.8, 4) is 22.5 Å². The molecule has 1 aromatic carbocycles. The van der Waals surface area contributed by atoms with Gasteiger partial charge in [0.2, 0.25) is 5.95 Å². The number of ether oxygens (including phenoxy) is 2. The number of imide groups is 1. The van der Waals surface area contributed by atoms with E-state index in [1.807, 2.05) is 44.2 Å². The Bertz CT molecular complexity index is 1140. The molecule has 0 saturated carbocycles. The summed E-state index contributed by atoms with van der Waals surface area (Å²) < 4.78 is 10.7. The number of rotatable bonds is 4. The number of benzene rings is 1. The maximum atomic E-state index is 12.1. The second-order valence-corrected chi connectivity index (χ2v) is 6.67. The summed E-state index contributed by atoms with van der Waals surface area (Å²) in [7, 11) is 2.26. The van der Waals surface area contributed by atoms with E-state index in [9.17, 15) is 14.4 Å². The molecule has 0 spiro atoms. The van der Waals surface area contributed by atoms with Crippen LogP contribution in [-0.2, 0) is 9.47 Å². The van der Waals surface area contributed by atoms with E-state index in [1.165, 1.54) is 16.9 Å². The van der Waals surface area contributed by atoms with E-state index >= 15 is 0 Å². The van der Waals surface area contributed by atoms with Crippen molar-refractivity contribution in [2.75, 3.05) is 19.1 Å². The lowest BCUT2D eigenvalue weighted by Crippen LogP contribution is -2.38. The van der Waals surface area contributed by atoms with Crippen molar-refractivity contribution >= 4 is 18.1 Å². The summed E-state index contributed by atoms with van der Waals surface area (Å²) in [6.07, 6.45) is -0.559. The molecule has 0 radical (unpaired) electrons. The molecule has 0 aliphatic rings. The average molecular weight is 423 g/mol. The predicted octanol–water partition coefficient (Wildman–Crippen LogP) is 3.29. The first kappa shape index (κ1) is 21.6. The lowest BCUT2D eigenvalue weighted by atomic mass is 10.0. The van der Waals surface area contributed by atoms with Gasteiger partial charge in [-0.1, -0.05) is 30.3 Å². The minimum Gasteiger partial charge on any atom is -0.452 e. The first-order valence-electron chi connectivity index (χ1n) is 9.36. The van der Waals surface area contributed by atoms with Gasteiger partial charge in [0, 0.05) is 23.4 Å². The number of hydrogen-bond acceptors (Lipinski definition) is 8. The van der Waals surface area contributed by atoms with E-state index in [2.05, 4.69) is 24.5 Å². The summed E-state index contributed by atoms with van der Waals surface area (Å²) in [6, 6.07) is 12.0. The van der Waals surface area contributed by atoms with Crippen LogP contribution in [0.1, 0.15) is 19.9 Å². The summed E-state index contributed by atoms with van der Waals surface area (Å²) in [5, 5.41) is 4.43. The van der Waals surface area contributed by atoms with Crippen molar-refractivity contribution < 1.29 is 19.1 Å². The van der Waals surface area contributed by atoms with Crippen LogP contribution in [0.25, 0.3) is 22.5 Å². The molecule has 10 heteroatoms. The molecule has 2 aromatic heterocycles. The highest BCUT2D eigenvalue weighted by Gasteiger charge is 2.29. The first-order valence-corrected chi connectivity index (χ1v) is 9.36. The summed E-state index contributed by atoms with van der Waals surface area (Å²) in [5.41, 5.74) is 1.84. The van der Waals surface area contributed by atoms with Gasteiger partial charge in [0.15, 0.2) is 0 Å². The molecule has 0 fully saturated rings. The van der Waals surface area contributed by atoms with Gasteiger partial charge in [-0.2, -0.15) is 5.10 Å². The highest BCUT2D eigenvalue weighted by molar-refractivity contribution is 6.08. The average Bonchev–Trinajstić information content (AvgIpc) is 2.79. The fourth-order valence-corrected chi connectivity index (χ4v) is 2.84. The third kappa shape index (κ3) is 4.42. The largest absolute Gasteiger partial charge is 0.452 e. The Morgan fingerprint density at radius 3 is 2.23 bits per heavy atom. The van der Waals surface area contributed by atoms with Crippen LogP contribution in [0.5, 0.6) is 0 Å². The summed E-state index contributed by atoms with van der Waals surface area (Å²) in [5.74, 6) is -0.224. The summed E-state index contributed by atoms with van der Waals surface area (Å²) in [4.78, 5) is 45.6. The minimum atomic E-state index is -0.995. The first-order chi connectivity index (χ1) is 14.9. The fraction of sp³-hybridized carbons (Fsp3) is 0.238. The van der Waals surface area contributed by atoms with E-state index < -0.39 is 12.2 Å². The van der Waals surface area contributed by atoms with Gasteiger partial charge in [0.25, 0.3) is 5.56 Å². The Morgan fingerprint density at radius 1 is 1.00 bits per heavy atom. The van der Waals surface area contributed by atoms with Crippen molar-refractivity contribution in [3.05, 3.63) is 59.0 Å². The molecule has 0 bridgehead atoms. The zero-order valence-electron chi connectivity index (χ0n) is 17.5. The Labute approximate surface area is 178 Å². The van der Waals surface area contributed by atoms with Crippen molar-refractivity contribution in [1.29, 1.82) is 0 Å². The van der Waals surface area contributed by atoms with E-state index in [4.69, 9.17) is 0 Å². The Balaban J connectivity index is 2.24. The maximum Gasteiger partial charge on any atom is 0.426 e. The Kier molecular flexibility index (Phi) is 6.39. The zero-order valence-corrected chi connectivity index (χ0v) is 17.5. The van der Waals surface area contributed by atoms with E-state index in [0.29, 0.717) is 27.4 Å². The second kappa shape index (κ2) is 9.16. The number of amides is 2. The van der Waals surface area contributed by atoms with Gasteiger partial charge in [0.1, 0.15) is 0 Å². The van der Waals surface area contributed by atoms with Crippen LogP contribution >= 0.6 is 0 Å². The van der Waals surface area contributed by atoms with Crippen molar-refractivity contribution in [3.63, 3.8) is 0 Å². The third-order valence-electron chi connectivity index (χ3n) is 4.33. The third-order valence-corrected chi connectivity index (χ3v) is 4.33. The molecule has 31 heavy (non-hydrogen) atoms. The normalized spacial score (nSPS) is 10.6. The van der Waals surface area contributed by atoms with Gasteiger partial charge in [-0.15, -0.1) is 4.90 Å². The van der Waals surface area contributed by atoms with Crippen molar-refractivity contribution in [2.24, 2.45) is 0 Å². The number of nitrogens with zero attached hydrogens (tertiary/aromatic N) is 5. The van der Waals surface area contributed by atoms with Gasteiger partial charge in [-0.3, -0.25) is 4.79 Å². The highest BCUT2D eigenvalue weighted by Crippen LogP contribution is 2.30. The number of methoxy groups -OCH3 is 2. The van der Waals surface area contributed by atoms with Gasteiger partial charge in [0.05, 0.1) is 31.6 Å². The standard InChI is InChI=1S/C21H21N5O5/c1-13(2)26-17(27)11-10-16(24-26)15-12-22-19(25(20(28)30-3)21(29)31-4)23-18(15)14-8-6-5-7-9-14/h5-13H,1-4H3. The maximum absolute atomic E-state index is 12.1. The minimum absolute atomic E-state index is 0.151. The highest BCUT2D eigenvalue weighted by atomic mass is 16.6. The van der Waals surface area contributed by atoms with Crippen LogP contribution in [-0.4, -0.2) is 46.2 Å². The lowest BCUT2D eigenvalue weighted by molar-refractivity contribution is 0.159. The molecular weight excluding hydrogens is 402 g/mol. The van der Waals surface area contributed by atoms with Crippen LogP contribution in [0, 0.1) is 0 Å². The molecule has 160 valence electrons. The molecule has 3 rings (SSSR count). The Hall–Kier alpha value is -4.08. The summed E-state index contributed by atoms with van der Waals surface area (Å²) in [6.45, 7) is 3.70. The Morgan fingerprint density at radius 2 is 1.65 bits per heavy atom. The van der Waals surface area contributed by atoms with Gasteiger partial charge in [-0.25, -0.2) is 24.2 Å². The SMILES string of the molecule is COC(=O)N(C(=O)OC)c1ncc(-c2ccc(=O)n(C(C)C)n2)c(-c2ccccc2)n1. The van der Waals surface area contributed by atoms with Crippen LogP contribution < -0.4 is 10.5 Å². The van der Waals surface area contributed by atoms with Crippen molar-refractivity contribution in [1.82, 2.24) is 19.7 Å². The van der Waals surface area contributed by atoms with Crippen LogP contribution in [0.3, 0.4) is 0 Å². The number of aromatic nitrogens is 4. The molecule has 2 heterocycles. The fourth-order valence-electron chi connectivity index (χ4n) is 2.84. The monoisotopic (exact) mass is 423 g/mol. The molecule has 0 aliphatic heterocycles. The van der Waals surface area contributed by atoms with Crippen LogP contribution in [0.4, 0.5) is 15.5 Å². The molecule has 10 nitrogen and oxygen atoms in total. The van der Waals surface area contributed by atoms with E-state index in [0.717, 1.165) is 14.2 Å². The molecule has 0 aliphatic carbocycles. The van der Waals surface area contributed by atoms with Gasteiger partial charge in [-0.05, 0) is 19.9 Å². The van der Waals surface area contributed by atoms with Crippen molar-refractivity contribution in [2.45, 2.75) is 19.9 Å². The second-order valence-electron chi connectivity index (χ2n) is 6.67. The lowest BCUT2D eigenvalue weighted by Gasteiger charge is -2.18. The van der Waals surface area contributed by atoms with Crippen LogP contribution in [0.2, 0.25) is 0 Å². The summed E-state index contributed by atoms with van der Waals surface area (Å²) >= 11 is 0. The molecular formula is C21H21N5O5. The number of carbonyl (C=O) groups excluding carboxylic acids is 2. The van der Waals surface area contributed by atoms with Crippen LogP contribution in [0.15, 0.2) is 53.5 Å². The molecule has 3 aromatic rings. The zero-order chi connectivity index (χ0) is 22.5. The van der Waals surface area contributed by atoms with Gasteiger partial charge < -0.3 is 9.47 Å². The smallest absolute Gasteiger partial charge is 0.426 e. The predicted molar refractivity (Wildman–Crippen MR) is 113 cm³/mol. The van der Waals surface area contributed by atoms with E-state index in [-0.39, 0.29) is 17.5 Å². The topological polar surface area (TPSA) is 117 Å². The molecule has 0 atom stereocenters.